The molecule has 0 aliphatic heterocycles. The van der Waals surface area contributed by atoms with Crippen LogP contribution in [-0.4, -0.2) is 17.7 Å². The van der Waals surface area contributed by atoms with Crippen LogP contribution in [-0.2, 0) is 6.54 Å². The number of rotatable bonds is 6. The first-order chi connectivity index (χ1) is 12.5. The van der Waals surface area contributed by atoms with E-state index in [4.69, 9.17) is 4.42 Å². The highest BCUT2D eigenvalue weighted by atomic mass is 16.3. The Morgan fingerprint density at radius 2 is 1.88 bits per heavy atom. The van der Waals surface area contributed by atoms with Gasteiger partial charge in [-0.1, -0.05) is 42.5 Å². The first-order valence-corrected chi connectivity index (χ1v) is 8.78. The maximum Gasteiger partial charge on any atom is 0.315 e. The zero-order valence-corrected chi connectivity index (χ0v) is 15.1. The Kier molecular flexibility index (Phi) is 5.58. The van der Waals surface area contributed by atoms with Crippen molar-refractivity contribution in [2.75, 3.05) is 6.54 Å². The summed E-state index contributed by atoms with van der Waals surface area (Å²) < 4.78 is 5.43. The van der Waals surface area contributed by atoms with Crippen molar-refractivity contribution in [2.45, 2.75) is 32.9 Å². The van der Waals surface area contributed by atoms with Gasteiger partial charge in [0.25, 0.3) is 0 Å². The second-order valence-corrected chi connectivity index (χ2v) is 6.42. The summed E-state index contributed by atoms with van der Waals surface area (Å²) in [5, 5.41) is 18.2. The van der Waals surface area contributed by atoms with Crippen LogP contribution in [0.5, 0.6) is 0 Å². The van der Waals surface area contributed by atoms with Crippen molar-refractivity contribution in [1.29, 1.82) is 0 Å². The zero-order valence-electron chi connectivity index (χ0n) is 15.1. The maximum atomic E-state index is 12.0. The molecule has 5 heteroatoms. The molecule has 0 saturated carbocycles. The first-order valence-electron chi connectivity index (χ1n) is 8.78. The van der Waals surface area contributed by atoms with Crippen molar-refractivity contribution in [3.05, 3.63) is 71.2 Å². The van der Waals surface area contributed by atoms with Gasteiger partial charge in [0, 0.05) is 18.7 Å². The number of hydrogen-bond donors (Lipinski definition) is 3. The molecule has 0 spiro atoms. The maximum absolute atomic E-state index is 12.0. The number of carbonyl (C=O) groups excluding carboxylic acids is 1. The van der Waals surface area contributed by atoms with Crippen molar-refractivity contribution >= 4 is 16.8 Å². The number of aliphatic hydroxyl groups excluding tert-OH is 1. The van der Waals surface area contributed by atoms with Gasteiger partial charge in [0.2, 0.25) is 0 Å². The number of nitrogens with one attached hydrogen (secondary N) is 2. The fourth-order valence-electron chi connectivity index (χ4n) is 3.14. The van der Waals surface area contributed by atoms with Gasteiger partial charge in [-0.3, -0.25) is 0 Å². The Labute approximate surface area is 153 Å². The van der Waals surface area contributed by atoms with Gasteiger partial charge in [0.05, 0.1) is 6.10 Å². The fraction of sp³-hybridized carbons (Fsp3) is 0.286. The van der Waals surface area contributed by atoms with E-state index in [-0.39, 0.29) is 6.03 Å². The van der Waals surface area contributed by atoms with Crippen LogP contribution in [0.3, 0.4) is 0 Å². The van der Waals surface area contributed by atoms with E-state index in [1.165, 1.54) is 0 Å². The largest absolute Gasteiger partial charge is 0.466 e. The number of hydrogen-bond acceptors (Lipinski definition) is 3. The molecule has 0 radical (unpaired) electrons. The first kappa shape index (κ1) is 18.0. The molecule has 0 bridgehead atoms. The van der Waals surface area contributed by atoms with E-state index in [0.717, 1.165) is 33.4 Å². The molecule has 0 aliphatic rings. The summed E-state index contributed by atoms with van der Waals surface area (Å²) in [4.78, 5) is 12.0. The number of aryl methyl sites for hydroxylation is 2. The van der Waals surface area contributed by atoms with Gasteiger partial charge in [-0.2, -0.15) is 0 Å². The van der Waals surface area contributed by atoms with Crippen molar-refractivity contribution in [1.82, 2.24) is 10.6 Å². The molecule has 3 aromatic rings. The van der Waals surface area contributed by atoms with Gasteiger partial charge in [-0.05, 0) is 42.7 Å². The average molecular weight is 352 g/mol. The molecular weight excluding hydrogens is 328 g/mol. The van der Waals surface area contributed by atoms with E-state index in [0.29, 0.717) is 19.5 Å². The monoisotopic (exact) mass is 352 g/mol. The lowest BCUT2D eigenvalue weighted by molar-refractivity contribution is 0.165. The molecule has 3 N–H and O–H groups in total. The smallest absolute Gasteiger partial charge is 0.315 e. The Bertz CT molecular complexity index is 896. The summed E-state index contributed by atoms with van der Waals surface area (Å²) in [6.07, 6.45) is -0.215. The third-order valence-corrected chi connectivity index (χ3v) is 4.46. The number of urea groups is 1. The van der Waals surface area contributed by atoms with Gasteiger partial charge >= 0.3 is 6.03 Å². The number of furan rings is 1. The lowest BCUT2D eigenvalue weighted by Gasteiger charge is -2.12. The van der Waals surface area contributed by atoms with E-state index in [2.05, 4.69) is 28.8 Å². The zero-order chi connectivity index (χ0) is 18.5. The molecule has 1 aromatic heterocycles. The predicted octanol–water partition coefficient (Wildman–Crippen LogP) is 3.97. The van der Waals surface area contributed by atoms with E-state index in [1.54, 1.807) is 0 Å². The van der Waals surface area contributed by atoms with Crippen molar-refractivity contribution in [3.63, 3.8) is 0 Å². The van der Waals surface area contributed by atoms with Crippen LogP contribution in [0.2, 0.25) is 0 Å². The third kappa shape index (κ3) is 4.24. The number of amides is 2. The van der Waals surface area contributed by atoms with Crippen LogP contribution < -0.4 is 10.6 Å². The summed E-state index contributed by atoms with van der Waals surface area (Å²) in [5.41, 5.74) is 1.85. The Morgan fingerprint density at radius 1 is 1.12 bits per heavy atom. The molecule has 1 heterocycles. The molecule has 0 fully saturated rings. The number of carbonyl (C=O) groups is 1. The molecule has 2 amide bonds. The van der Waals surface area contributed by atoms with Crippen LogP contribution in [0.1, 0.15) is 35.2 Å². The van der Waals surface area contributed by atoms with Crippen LogP contribution in [0.4, 0.5) is 4.79 Å². The van der Waals surface area contributed by atoms with Gasteiger partial charge in [0.15, 0.2) is 0 Å². The quantitative estimate of drug-likeness (QED) is 0.628. The minimum Gasteiger partial charge on any atom is -0.466 e. The lowest BCUT2D eigenvalue weighted by atomic mass is 10.0. The highest BCUT2D eigenvalue weighted by Crippen LogP contribution is 2.23. The minimum atomic E-state index is -0.647. The molecular formula is C21H24N2O3. The molecule has 1 unspecified atom stereocenters. The van der Waals surface area contributed by atoms with E-state index >= 15 is 0 Å². The molecule has 1 atom stereocenters. The summed E-state index contributed by atoms with van der Waals surface area (Å²) in [6, 6.07) is 15.7. The standard InChI is InChI=1S/C21H24N2O3/c1-14-12-19(15(2)26-14)20(24)10-11-22-21(25)23-13-17-8-5-7-16-6-3-4-9-18(16)17/h3-9,12,20,24H,10-11,13H2,1-2H3,(H2,22,23,25). The molecule has 26 heavy (non-hydrogen) atoms. The van der Waals surface area contributed by atoms with Gasteiger partial charge in [0.1, 0.15) is 11.5 Å². The fourth-order valence-corrected chi connectivity index (χ4v) is 3.14. The lowest BCUT2D eigenvalue weighted by Crippen LogP contribution is -2.36. The van der Waals surface area contributed by atoms with Crippen molar-refractivity contribution < 1.29 is 14.3 Å². The van der Waals surface area contributed by atoms with Gasteiger partial charge in [-0.25, -0.2) is 4.79 Å². The summed E-state index contributed by atoms with van der Waals surface area (Å²) >= 11 is 0. The second-order valence-electron chi connectivity index (χ2n) is 6.42. The highest BCUT2D eigenvalue weighted by molar-refractivity contribution is 5.86. The third-order valence-electron chi connectivity index (χ3n) is 4.46. The predicted molar refractivity (Wildman–Crippen MR) is 102 cm³/mol. The molecule has 2 aromatic carbocycles. The normalized spacial score (nSPS) is 12.1. The topological polar surface area (TPSA) is 74.5 Å². The molecule has 136 valence electrons. The Morgan fingerprint density at radius 3 is 2.65 bits per heavy atom. The second kappa shape index (κ2) is 8.06. The van der Waals surface area contributed by atoms with Crippen LogP contribution in [0.25, 0.3) is 10.8 Å². The number of fused-ring (bicyclic) bond motifs is 1. The minimum absolute atomic E-state index is 0.245. The SMILES string of the molecule is Cc1cc(C(O)CCNC(=O)NCc2cccc3ccccc23)c(C)o1. The summed E-state index contributed by atoms with van der Waals surface area (Å²) in [6.45, 7) is 4.51. The van der Waals surface area contributed by atoms with Gasteiger partial charge < -0.3 is 20.2 Å². The highest BCUT2D eigenvalue weighted by Gasteiger charge is 2.14. The van der Waals surface area contributed by atoms with Crippen molar-refractivity contribution in [2.24, 2.45) is 0 Å². The molecule has 0 aliphatic carbocycles. The summed E-state index contributed by atoms with van der Waals surface area (Å²) in [7, 11) is 0. The average Bonchev–Trinajstić information content (AvgIpc) is 2.98. The summed E-state index contributed by atoms with van der Waals surface area (Å²) in [5.74, 6) is 1.49. The van der Waals surface area contributed by atoms with Crippen molar-refractivity contribution in [3.8, 4) is 0 Å². The number of aliphatic hydroxyl groups is 1. The van der Waals surface area contributed by atoms with Crippen LogP contribution in [0, 0.1) is 13.8 Å². The molecule has 3 rings (SSSR count). The van der Waals surface area contributed by atoms with E-state index < -0.39 is 6.10 Å². The van der Waals surface area contributed by atoms with Crippen LogP contribution >= 0.6 is 0 Å². The van der Waals surface area contributed by atoms with Crippen LogP contribution in [0.15, 0.2) is 52.9 Å². The van der Waals surface area contributed by atoms with E-state index in [9.17, 15) is 9.90 Å². The van der Waals surface area contributed by atoms with E-state index in [1.807, 2.05) is 44.2 Å². The van der Waals surface area contributed by atoms with Gasteiger partial charge in [-0.15, -0.1) is 0 Å². The molecule has 0 saturated heterocycles. The molecule has 5 nitrogen and oxygen atoms in total. The number of benzene rings is 2. The Hall–Kier alpha value is -2.79. The Balaban J connectivity index is 1.48.